The van der Waals surface area contributed by atoms with Gasteiger partial charge in [-0.25, -0.2) is 9.97 Å². The van der Waals surface area contributed by atoms with Crippen LogP contribution in [0.1, 0.15) is 26.5 Å². The first-order valence-electron chi connectivity index (χ1n) is 9.24. The molecule has 0 N–H and O–H groups in total. The molecule has 1 fully saturated rings. The van der Waals surface area contributed by atoms with Gasteiger partial charge in [-0.1, -0.05) is 26.8 Å². The molecule has 26 heavy (non-hydrogen) atoms. The van der Waals surface area contributed by atoms with Crippen molar-refractivity contribution in [1.29, 1.82) is 0 Å². The number of aromatic nitrogens is 2. The molecule has 1 aliphatic rings. The molecule has 6 nitrogen and oxygen atoms in total. The van der Waals surface area contributed by atoms with Gasteiger partial charge in [0.1, 0.15) is 0 Å². The lowest BCUT2D eigenvalue weighted by molar-refractivity contribution is -0.0178. The van der Waals surface area contributed by atoms with Crippen LogP contribution in [0.15, 0.2) is 24.9 Å². The molecule has 0 amide bonds. The van der Waals surface area contributed by atoms with Crippen LogP contribution in [0.3, 0.4) is 0 Å². The predicted molar refractivity (Wildman–Crippen MR) is 107 cm³/mol. The summed E-state index contributed by atoms with van der Waals surface area (Å²) >= 11 is 0. The lowest BCUT2D eigenvalue weighted by Crippen LogP contribution is -2.45. The Labute approximate surface area is 158 Å². The van der Waals surface area contributed by atoms with Crippen LogP contribution in [0.4, 0.5) is 5.95 Å². The summed E-state index contributed by atoms with van der Waals surface area (Å²) in [4.78, 5) is 11.3. The van der Waals surface area contributed by atoms with Crippen LogP contribution in [0.5, 0.6) is 0 Å². The van der Waals surface area contributed by atoms with Gasteiger partial charge in [-0.05, 0) is 24.2 Å². The van der Waals surface area contributed by atoms with Gasteiger partial charge in [-0.3, -0.25) is 0 Å². The third-order valence-corrected chi connectivity index (χ3v) is 9.53. The first-order chi connectivity index (χ1) is 12.2. The number of hydrogen-bond donors (Lipinski definition) is 0. The topological polar surface area (TPSA) is 56.7 Å². The lowest BCUT2D eigenvalue weighted by atomic mass is 10.2. The largest absolute Gasteiger partial charge is 0.411 e. The van der Waals surface area contributed by atoms with E-state index in [1.54, 1.807) is 6.08 Å². The second-order valence-corrected chi connectivity index (χ2v) is 13.0. The zero-order valence-corrected chi connectivity index (χ0v) is 17.8. The highest BCUT2D eigenvalue weighted by atomic mass is 28.4. The molecule has 1 aliphatic heterocycles. The zero-order chi connectivity index (χ0) is 19.2. The van der Waals surface area contributed by atoms with E-state index in [1.807, 2.05) is 12.3 Å². The fourth-order valence-corrected chi connectivity index (χ4v) is 3.31. The summed E-state index contributed by atoms with van der Waals surface area (Å²) < 4.78 is 17.6. The maximum atomic E-state index is 6.28. The Kier molecular flexibility index (Phi) is 7.34. The fourth-order valence-electron chi connectivity index (χ4n) is 2.37. The van der Waals surface area contributed by atoms with Crippen LogP contribution >= 0.6 is 0 Å². The standard InChI is InChI=1S/C19H33N3O3Si/c1-7-11-23-15-17-13-22(10-12-24-17)18-20-9-8-16(21-18)14-25-26(5,6)19(2,3)4/h7-9,17H,1,10-15H2,2-6H3. The average molecular weight is 380 g/mol. The van der Waals surface area contributed by atoms with E-state index < -0.39 is 8.32 Å². The fraction of sp³-hybridized carbons (Fsp3) is 0.684. The summed E-state index contributed by atoms with van der Waals surface area (Å²) in [6, 6.07) is 1.93. The van der Waals surface area contributed by atoms with Gasteiger partial charge in [0.15, 0.2) is 8.32 Å². The first kappa shape index (κ1) is 21.0. The zero-order valence-electron chi connectivity index (χ0n) is 16.8. The van der Waals surface area contributed by atoms with Crippen LogP contribution in [-0.4, -0.2) is 57.3 Å². The van der Waals surface area contributed by atoms with Crippen LogP contribution < -0.4 is 4.90 Å². The van der Waals surface area contributed by atoms with Gasteiger partial charge in [-0.15, -0.1) is 6.58 Å². The van der Waals surface area contributed by atoms with E-state index >= 15 is 0 Å². The van der Waals surface area contributed by atoms with Crippen molar-refractivity contribution in [2.45, 2.75) is 51.6 Å². The van der Waals surface area contributed by atoms with E-state index in [9.17, 15) is 0 Å². The Bertz CT molecular complexity index is 590. The van der Waals surface area contributed by atoms with Gasteiger partial charge < -0.3 is 18.8 Å². The van der Waals surface area contributed by atoms with Gasteiger partial charge in [0, 0.05) is 19.3 Å². The average Bonchev–Trinajstić information content (AvgIpc) is 2.60. The third kappa shape index (κ3) is 5.87. The van der Waals surface area contributed by atoms with Crippen LogP contribution in [-0.2, 0) is 20.5 Å². The van der Waals surface area contributed by atoms with Crippen molar-refractivity contribution in [3.63, 3.8) is 0 Å². The first-order valence-corrected chi connectivity index (χ1v) is 12.1. The molecule has 0 spiro atoms. The predicted octanol–water partition coefficient (Wildman–Crippen LogP) is 3.41. The second-order valence-electron chi connectivity index (χ2n) is 8.16. The molecule has 7 heteroatoms. The monoisotopic (exact) mass is 379 g/mol. The molecule has 2 heterocycles. The van der Waals surface area contributed by atoms with Crippen molar-refractivity contribution in [2.75, 3.05) is 37.8 Å². The highest BCUT2D eigenvalue weighted by molar-refractivity contribution is 6.74. The summed E-state index contributed by atoms with van der Waals surface area (Å²) in [7, 11) is -1.79. The molecular formula is C19H33N3O3Si. The maximum Gasteiger partial charge on any atom is 0.225 e. The van der Waals surface area contributed by atoms with Gasteiger partial charge in [0.05, 0.1) is 38.2 Å². The van der Waals surface area contributed by atoms with E-state index in [0.717, 1.165) is 24.7 Å². The summed E-state index contributed by atoms with van der Waals surface area (Å²) in [5, 5.41) is 0.186. The van der Waals surface area contributed by atoms with E-state index in [1.165, 1.54) is 0 Å². The molecule has 1 atom stereocenters. The molecular weight excluding hydrogens is 346 g/mol. The molecule has 1 saturated heterocycles. The Morgan fingerprint density at radius 2 is 2.19 bits per heavy atom. The Balaban J connectivity index is 1.96. The van der Waals surface area contributed by atoms with Crippen LogP contribution in [0.25, 0.3) is 0 Å². The minimum absolute atomic E-state index is 0.0273. The number of morpholine rings is 1. The molecule has 0 radical (unpaired) electrons. The molecule has 1 aromatic rings. The van der Waals surface area contributed by atoms with E-state index in [-0.39, 0.29) is 11.1 Å². The molecule has 0 aliphatic carbocycles. The number of anilines is 1. The van der Waals surface area contributed by atoms with Gasteiger partial charge in [-0.2, -0.15) is 0 Å². The third-order valence-electron chi connectivity index (χ3n) is 5.05. The van der Waals surface area contributed by atoms with Crippen molar-refractivity contribution in [1.82, 2.24) is 9.97 Å². The minimum Gasteiger partial charge on any atom is -0.411 e. The highest BCUT2D eigenvalue weighted by Crippen LogP contribution is 2.37. The minimum atomic E-state index is -1.79. The normalized spacial score (nSPS) is 18.8. The quantitative estimate of drug-likeness (QED) is 0.392. The number of rotatable bonds is 8. The Morgan fingerprint density at radius 3 is 2.88 bits per heavy atom. The van der Waals surface area contributed by atoms with E-state index in [4.69, 9.17) is 18.9 Å². The molecule has 0 aromatic carbocycles. The van der Waals surface area contributed by atoms with E-state index in [2.05, 4.69) is 50.3 Å². The smallest absolute Gasteiger partial charge is 0.225 e. The second kappa shape index (κ2) is 9.08. The van der Waals surface area contributed by atoms with Gasteiger partial charge in [0.2, 0.25) is 5.95 Å². The SMILES string of the molecule is C=CCOCC1CN(c2nccc(CO[Si](C)(C)C(C)(C)C)n2)CCO1. The Hall–Kier alpha value is -1.28. The number of ether oxygens (including phenoxy) is 2. The van der Waals surface area contributed by atoms with Crippen molar-refractivity contribution in [3.05, 3.63) is 30.6 Å². The highest BCUT2D eigenvalue weighted by Gasteiger charge is 2.37. The van der Waals surface area contributed by atoms with Crippen LogP contribution in [0, 0.1) is 0 Å². The summed E-state index contributed by atoms with van der Waals surface area (Å²) in [6.45, 7) is 18.7. The molecule has 146 valence electrons. The summed E-state index contributed by atoms with van der Waals surface area (Å²) in [5.41, 5.74) is 0.922. The number of hydrogen-bond acceptors (Lipinski definition) is 6. The molecule has 0 saturated carbocycles. The van der Waals surface area contributed by atoms with Crippen molar-refractivity contribution < 1.29 is 13.9 Å². The molecule has 1 unspecified atom stereocenters. The Morgan fingerprint density at radius 1 is 1.42 bits per heavy atom. The molecule has 2 rings (SSSR count). The van der Waals surface area contributed by atoms with Crippen molar-refractivity contribution >= 4 is 14.3 Å². The van der Waals surface area contributed by atoms with Gasteiger partial charge >= 0.3 is 0 Å². The van der Waals surface area contributed by atoms with Crippen molar-refractivity contribution in [3.8, 4) is 0 Å². The summed E-state index contributed by atoms with van der Waals surface area (Å²) in [6.07, 6.45) is 3.58. The summed E-state index contributed by atoms with van der Waals surface area (Å²) in [5.74, 6) is 0.735. The van der Waals surface area contributed by atoms with Crippen LogP contribution in [0.2, 0.25) is 18.1 Å². The van der Waals surface area contributed by atoms with E-state index in [0.29, 0.717) is 26.4 Å². The number of nitrogens with zero attached hydrogens (tertiary/aromatic N) is 3. The molecule has 0 bridgehead atoms. The lowest BCUT2D eigenvalue weighted by Gasteiger charge is -2.36. The molecule has 1 aromatic heterocycles. The maximum absolute atomic E-state index is 6.28. The van der Waals surface area contributed by atoms with Crippen molar-refractivity contribution in [2.24, 2.45) is 0 Å². The van der Waals surface area contributed by atoms with Gasteiger partial charge in [0.25, 0.3) is 0 Å².